The number of aromatic nitrogens is 2. The quantitative estimate of drug-likeness (QED) is 0.602. The van der Waals surface area contributed by atoms with Crippen molar-refractivity contribution in [3.8, 4) is 6.07 Å². The van der Waals surface area contributed by atoms with Gasteiger partial charge in [0.25, 0.3) is 0 Å². The summed E-state index contributed by atoms with van der Waals surface area (Å²) >= 11 is 0. The molecule has 5 rings (SSSR count). The first-order valence-corrected chi connectivity index (χ1v) is 11.1. The van der Waals surface area contributed by atoms with Gasteiger partial charge in [0.05, 0.1) is 22.6 Å². The lowest BCUT2D eigenvalue weighted by Crippen LogP contribution is -2.30. The highest BCUT2D eigenvalue weighted by molar-refractivity contribution is 5.94. The predicted molar refractivity (Wildman–Crippen MR) is 123 cm³/mol. The van der Waals surface area contributed by atoms with E-state index in [1.807, 2.05) is 26.0 Å². The van der Waals surface area contributed by atoms with Gasteiger partial charge in [-0.3, -0.25) is 0 Å². The van der Waals surface area contributed by atoms with Crippen molar-refractivity contribution < 1.29 is 9.90 Å². The van der Waals surface area contributed by atoms with Crippen molar-refractivity contribution in [2.45, 2.75) is 57.7 Å². The monoisotopic (exact) mass is 427 g/mol. The van der Waals surface area contributed by atoms with Gasteiger partial charge in [0, 0.05) is 23.3 Å². The van der Waals surface area contributed by atoms with Gasteiger partial charge in [-0.15, -0.1) is 0 Å². The van der Waals surface area contributed by atoms with Crippen LogP contribution in [-0.2, 0) is 0 Å². The number of aryl methyl sites for hydroxylation is 1. The molecular weight excluding hydrogens is 402 g/mol. The van der Waals surface area contributed by atoms with Gasteiger partial charge in [0.1, 0.15) is 6.07 Å². The molecule has 0 spiro atoms. The van der Waals surface area contributed by atoms with E-state index in [2.05, 4.69) is 22.4 Å². The van der Waals surface area contributed by atoms with Crippen LogP contribution in [0, 0.1) is 18.3 Å². The SMILES string of the molecule is Cc1cc([C@@H](C)Nc2ccccc2C(=O)O)c2nc(N3C4CCC3CC4)c(C#N)nc2c1. The minimum Gasteiger partial charge on any atom is -0.478 e. The molecule has 162 valence electrons. The molecule has 1 atom stereocenters. The molecular formula is C25H25N5O2. The Hall–Kier alpha value is -3.66. The number of para-hydroxylation sites is 1. The molecule has 2 aliphatic heterocycles. The van der Waals surface area contributed by atoms with Crippen LogP contribution in [0.15, 0.2) is 36.4 Å². The molecule has 7 nitrogen and oxygen atoms in total. The Morgan fingerprint density at radius 2 is 1.88 bits per heavy atom. The van der Waals surface area contributed by atoms with Gasteiger partial charge in [-0.2, -0.15) is 5.26 Å². The molecule has 0 unspecified atom stereocenters. The molecule has 2 aromatic carbocycles. The Morgan fingerprint density at radius 1 is 1.19 bits per heavy atom. The maximum atomic E-state index is 11.6. The second kappa shape index (κ2) is 7.79. The molecule has 0 amide bonds. The number of carbonyl (C=O) groups is 1. The second-order valence-electron chi connectivity index (χ2n) is 8.82. The van der Waals surface area contributed by atoms with Crippen LogP contribution in [-0.4, -0.2) is 33.1 Å². The number of anilines is 2. The topological polar surface area (TPSA) is 102 Å². The molecule has 1 aromatic heterocycles. The summed E-state index contributed by atoms with van der Waals surface area (Å²) < 4.78 is 0. The summed E-state index contributed by atoms with van der Waals surface area (Å²) in [6.07, 6.45) is 4.56. The van der Waals surface area contributed by atoms with Crippen molar-refractivity contribution in [2.75, 3.05) is 10.2 Å². The lowest BCUT2D eigenvalue weighted by molar-refractivity contribution is 0.0698. The van der Waals surface area contributed by atoms with Crippen molar-refractivity contribution in [3.63, 3.8) is 0 Å². The fourth-order valence-corrected chi connectivity index (χ4v) is 5.27. The third-order valence-electron chi connectivity index (χ3n) is 6.72. The number of fused-ring (bicyclic) bond motifs is 3. The fourth-order valence-electron chi connectivity index (χ4n) is 5.27. The first-order valence-electron chi connectivity index (χ1n) is 11.1. The van der Waals surface area contributed by atoms with Gasteiger partial charge in [0.2, 0.25) is 0 Å². The zero-order valence-electron chi connectivity index (χ0n) is 18.2. The van der Waals surface area contributed by atoms with Gasteiger partial charge in [-0.25, -0.2) is 14.8 Å². The minimum atomic E-state index is -0.973. The van der Waals surface area contributed by atoms with Crippen molar-refractivity contribution in [2.24, 2.45) is 0 Å². The average molecular weight is 428 g/mol. The minimum absolute atomic E-state index is 0.205. The summed E-state index contributed by atoms with van der Waals surface area (Å²) in [5.41, 5.74) is 4.55. The summed E-state index contributed by atoms with van der Waals surface area (Å²) in [6.45, 7) is 3.98. The third kappa shape index (κ3) is 3.32. The summed E-state index contributed by atoms with van der Waals surface area (Å²) in [6, 6.07) is 13.8. The summed E-state index contributed by atoms with van der Waals surface area (Å²) in [5, 5.41) is 22.7. The molecule has 2 fully saturated rings. The van der Waals surface area contributed by atoms with Crippen LogP contribution in [0.3, 0.4) is 0 Å². The third-order valence-corrected chi connectivity index (χ3v) is 6.72. The normalized spacial score (nSPS) is 20.3. The highest BCUT2D eigenvalue weighted by atomic mass is 16.4. The summed E-state index contributed by atoms with van der Waals surface area (Å²) in [7, 11) is 0. The Bertz CT molecular complexity index is 1250. The number of nitriles is 1. The first kappa shape index (κ1) is 20.3. The molecule has 3 aromatic rings. The molecule has 3 heterocycles. The molecule has 0 saturated carbocycles. The number of rotatable bonds is 5. The summed E-state index contributed by atoms with van der Waals surface area (Å²) in [5.74, 6) is -0.284. The second-order valence-corrected chi connectivity index (χ2v) is 8.82. The van der Waals surface area contributed by atoms with Crippen LogP contribution in [0.5, 0.6) is 0 Å². The van der Waals surface area contributed by atoms with E-state index in [4.69, 9.17) is 9.97 Å². The molecule has 2 saturated heterocycles. The first-order chi connectivity index (χ1) is 15.5. The van der Waals surface area contributed by atoms with Crippen LogP contribution in [0.25, 0.3) is 11.0 Å². The maximum Gasteiger partial charge on any atom is 0.337 e. The Morgan fingerprint density at radius 3 is 2.53 bits per heavy atom. The van der Waals surface area contributed by atoms with Gasteiger partial charge in [-0.05, 0) is 63.3 Å². The highest BCUT2D eigenvalue weighted by Crippen LogP contribution is 2.42. The molecule has 0 radical (unpaired) electrons. The van der Waals surface area contributed by atoms with E-state index in [1.54, 1.807) is 18.2 Å². The van der Waals surface area contributed by atoms with Crippen LogP contribution >= 0.6 is 0 Å². The van der Waals surface area contributed by atoms with Crippen LogP contribution in [0.1, 0.15) is 65.8 Å². The molecule has 2 bridgehead atoms. The van der Waals surface area contributed by atoms with Crippen LogP contribution in [0.2, 0.25) is 0 Å². The van der Waals surface area contributed by atoms with Crippen LogP contribution < -0.4 is 10.2 Å². The number of carboxylic acids is 1. The van der Waals surface area contributed by atoms with E-state index < -0.39 is 5.97 Å². The number of nitrogens with one attached hydrogen (secondary N) is 1. The predicted octanol–water partition coefficient (Wildman–Crippen LogP) is 4.81. The average Bonchev–Trinajstić information content (AvgIpc) is 3.38. The van der Waals surface area contributed by atoms with Crippen LogP contribution in [0.4, 0.5) is 11.5 Å². The van der Waals surface area contributed by atoms with Gasteiger partial charge < -0.3 is 15.3 Å². The fraction of sp³-hybridized carbons (Fsp3) is 0.360. The maximum absolute atomic E-state index is 11.6. The Labute approximate surface area is 186 Å². The number of nitrogens with zero attached hydrogens (tertiary/aromatic N) is 4. The molecule has 7 heteroatoms. The number of benzene rings is 2. The zero-order valence-corrected chi connectivity index (χ0v) is 18.2. The molecule has 0 aliphatic carbocycles. The van der Waals surface area contributed by atoms with Crippen molar-refractivity contribution in [3.05, 3.63) is 58.8 Å². The zero-order chi connectivity index (χ0) is 22.4. The summed E-state index contributed by atoms with van der Waals surface area (Å²) in [4.78, 5) is 23.7. The molecule has 2 N–H and O–H groups in total. The van der Waals surface area contributed by atoms with E-state index in [0.29, 0.717) is 34.8 Å². The lowest BCUT2D eigenvalue weighted by atomic mass is 10.0. The number of hydrogen-bond acceptors (Lipinski definition) is 6. The number of carboxylic acid groups (broad SMARTS) is 1. The smallest absolute Gasteiger partial charge is 0.337 e. The van der Waals surface area contributed by atoms with E-state index >= 15 is 0 Å². The standard InChI is InChI=1S/C25H25N5O2/c1-14-11-19(15(2)27-20-6-4-3-5-18(20)25(31)32)23-21(12-14)28-22(13-26)24(29-23)30-16-7-8-17(30)10-9-16/h3-6,11-12,15-17,27H,7-10H2,1-2H3,(H,31,32)/t15-,16?,17?/m1/s1. The number of hydrogen-bond donors (Lipinski definition) is 2. The lowest BCUT2D eigenvalue weighted by Gasteiger charge is -2.25. The van der Waals surface area contributed by atoms with Crippen molar-refractivity contribution in [1.29, 1.82) is 5.26 Å². The van der Waals surface area contributed by atoms with Crippen molar-refractivity contribution >= 4 is 28.5 Å². The van der Waals surface area contributed by atoms with E-state index in [9.17, 15) is 15.2 Å². The van der Waals surface area contributed by atoms with Crippen molar-refractivity contribution in [1.82, 2.24) is 9.97 Å². The van der Waals surface area contributed by atoms with E-state index in [-0.39, 0.29) is 11.6 Å². The highest BCUT2D eigenvalue weighted by Gasteiger charge is 2.41. The van der Waals surface area contributed by atoms with Gasteiger partial charge in [0.15, 0.2) is 11.5 Å². The molecule has 32 heavy (non-hydrogen) atoms. The van der Waals surface area contributed by atoms with E-state index in [1.165, 1.54) is 0 Å². The van der Waals surface area contributed by atoms with E-state index in [0.717, 1.165) is 42.3 Å². The van der Waals surface area contributed by atoms with Gasteiger partial charge >= 0.3 is 5.97 Å². The Balaban J connectivity index is 1.61. The largest absolute Gasteiger partial charge is 0.478 e. The van der Waals surface area contributed by atoms with Gasteiger partial charge in [-0.1, -0.05) is 18.2 Å². The number of aromatic carboxylic acids is 1. The molecule has 2 aliphatic rings. The Kier molecular flexibility index (Phi) is 4.93.